The summed E-state index contributed by atoms with van der Waals surface area (Å²) in [5, 5.41) is 8.70. The number of ether oxygens (including phenoxy) is 1. The van der Waals surface area contributed by atoms with Gasteiger partial charge in [-0.05, 0) is 28.1 Å². The summed E-state index contributed by atoms with van der Waals surface area (Å²) in [4.78, 5) is 11.3. The summed E-state index contributed by atoms with van der Waals surface area (Å²) in [5.41, 5.74) is 0. The summed E-state index contributed by atoms with van der Waals surface area (Å²) in [5.74, 6) is -0.966. The molecule has 3 nitrogen and oxygen atoms in total. The van der Waals surface area contributed by atoms with Crippen molar-refractivity contribution in [2.24, 2.45) is 0 Å². The lowest BCUT2D eigenvalue weighted by molar-refractivity contribution is -0.148. The van der Waals surface area contributed by atoms with Crippen LogP contribution >= 0.6 is 27.3 Å². The highest BCUT2D eigenvalue weighted by atomic mass is 79.9. The van der Waals surface area contributed by atoms with Crippen LogP contribution in [0.25, 0.3) is 0 Å². The highest BCUT2D eigenvalue weighted by Gasteiger charge is 2.20. The van der Waals surface area contributed by atoms with Gasteiger partial charge in [-0.3, -0.25) is 0 Å². The van der Waals surface area contributed by atoms with Crippen molar-refractivity contribution in [1.82, 2.24) is 0 Å². The molecule has 12 heavy (non-hydrogen) atoms. The summed E-state index contributed by atoms with van der Waals surface area (Å²) in [7, 11) is 1.38. The summed E-state index contributed by atoms with van der Waals surface area (Å²) < 4.78 is 5.70. The predicted molar refractivity (Wildman–Crippen MR) is 49.4 cm³/mol. The summed E-state index contributed by atoms with van der Waals surface area (Å²) in [6.07, 6.45) is -0.846. The third-order valence-corrected chi connectivity index (χ3v) is 2.98. The van der Waals surface area contributed by atoms with Gasteiger partial charge in [0.1, 0.15) is 0 Å². The monoisotopic (exact) mass is 250 g/mol. The molecule has 5 heteroatoms. The first kappa shape index (κ1) is 9.70. The fourth-order valence-corrected chi connectivity index (χ4v) is 2.30. The van der Waals surface area contributed by atoms with Crippen molar-refractivity contribution in [2.45, 2.75) is 6.10 Å². The number of hydrogen-bond donors (Lipinski definition) is 1. The molecule has 0 aliphatic rings. The smallest absolute Gasteiger partial charge is 0.338 e. The van der Waals surface area contributed by atoms with E-state index in [0.29, 0.717) is 4.88 Å². The van der Waals surface area contributed by atoms with Crippen molar-refractivity contribution in [2.75, 3.05) is 7.11 Å². The van der Waals surface area contributed by atoms with Crippen molar-refractivity contribution >= 4 is 33.2 Å². The van der Waals surface area contributed by atoms with Crippen LogP contribution in [-0.2, 0) is 9.53 Å². The van der Waals surface area contributed by atoms with Gasteiger partial charge in [0.15, 0.2) is 6.10 Å². The van der Waals surface area contributed by atoms with Gasteiger partial charge in [0.25, 0.3) is 0 Å². The molecule has 1 N–H and O–H groups in total. The molecule has 1 heterocycles. The SMILES string of the molecule is CO[C@H](C(=O)O)c1ccc(Br)s1. The minimum atomic E-state index is -0.966. The number of carboxylic acid groups (broad SMARTS) is 1. The molecular formula is C7H7BrO3S. The van der Waals surface area contributed by atoms with E-state index in [-0.39, 0.29) is 0 Å². The van der Waals surface area contributed by atoms with Crippen molar-refractivity contribution in [1.29, 1.82) is 0 Å². The third-order valence-electron chi connectivity index (χ3n) is 1.31. The van der Waals surface area contributed by atoms with E-state index >= 15 is 0 Å². The van der Waals surface area contributed by atoms with Crippen molar-refractivity contribution in [3.05, 3.63) is 20.8 Å². The number of thiophene rings is 1. The first-order chi connectivity index (χ1) is 5.65. The Morgan fingerprint density at radius 3 is 2.75 bits per heavy atom. The van der Waals surface area contributed by atoms with Crippen LogP contribution in [-0.4, -0.2) is 18.2 Å². The van der Waals surface area contributed by atoms with E-state index < -0.39 is 12.1 Å². The highest BCUT2D eigenvalue weighted by molar-refractivity contribution is 9.11. The molecule has 0 aromatic carbocycles. The van der Waals surface area contributed by atoms with Gasteiger partial charge in [0, 0.05) is 12.0 Å². The van der Waals surface area contributed by atoms with Gasteiger partial charge >= 0.3 is 5.97 Å². The van der Waals surface area contributed by atoms with Gasteiger partial charge in [-0.25, -0.2) is 4.79 Å². The Bertz CT molecular complexity index is 284. The van der Waals surface area contributed by atoms with Crippen LogP contribution in [0.1, 0.15) is 11.0 Å². The number of carbonyl (C=O) groups is 1. The van der Waals surface area contributed by atoms with Gasteiger partial charge in [0.05, 0.1) is 3.79 Å². The van der Waals surface area contributed by atoms with Crippen molar-refractivity contribution < 1.29 is 14.6 Å². The van der Waals surface area contributed by atoms with Crippen molar-refractivity contribution in [3.63, 3.8) is 0 Å². The number of carboxylic acids is 1. The molecule has 0 bridgehead atoms. The molecule has 0 aliphatic heterocycles. The fraction of sp³-hybridized carbons (Fsp3) is 0.286. The third kappa shape index (κ3) is 2.06. The molecule has 0 radical (unpaired) electrons. The Morgan fingerprint density at radius 2 is 2.42 bits per heavy atom. The molecule has 0 unspecified atom stereocenters. The second-order valence-corrected chi connectivity index (χ2v) is 4.59. The second-order valence-electron chi connectivity index (χ2n) is 2.10. The van der Waals surface area contributed by atoms with Crippen LogP contribution in [0.3, 0.4) is 0 Å². The van der Waals surface area contributed by atoms with Crippen LogP contribution in [0.4, 0.5) is 0 Å². The zero-order chi connectivity index (χ0) is 9.14. The first-order valence-electron chi connectivity index (χ1n) is 3.16. The minimum absolute atomic E-state index is 0.692. The lowest BCUT2D eigenvalue weighted by Gasteiger charge is -2.06. The van der Waals surface area contributed by atoms with E-state index in [4.69, 9.17) is 9.84 Å². The predicted octanol–water partition coefficient (Wildman–Crippen LogP) is 2.28. The lowest BCUT2D eigenvalue weighted by Crippen LogP contribution is -2.11. The zero-order valence-corrected chi connectivity index (χ0v) is 8.68. The van der Waals surface area contributed by atoms with Gasteiger partial charge < -0.3 is 9.84 Å². The van der Waals surface area contributed by atoms with Crippen LogP contribution < -0.4 is 0 Å². The molecule has 1 rings (SSSR count). The zero-order valence-electron chi connectivity index (χ0n) is 6.28. The maximum absolute atomic E-state index is 10.6. The largest absolute Gasteiger partial charge is 0.479 e. The fourth-order valence-electron chi connectivity index (χ4n) is 0.808. The molecule has 0 saturated carbocycles. The number of aliphatic carboxylic acids is 1. The van der Waals surface area contributed by atoms with Crippen molar-refractivity contribution in [3.8, 4) is 0 Å². The highest BCUT2D eigenvalue weighted by Crippen LogP contribution is 2.28. The summed E-state index contributed by atoms with van der Waals surface area (Å²) in [6, 6.07) is 3.53. The van der Waals surface area contributed by atoms with E-state index in [9.17, 15) is 4.79 Å². The molecule has 1 atom stereocenters. The van der Waals surface area contributed by atoms with Crippen LogP contribution in [0.5, 0.6) is 0 Å². The Labute approximate surface area is 82.1 Å². The average molecular weight is 251 g/mol. The molecule has 1 aromatic rings. The number of halogens is 1. The topological polar surface area (TPSA) is 46.5 Å². The molecule has 0 aliphatic carbocycles. The Hall–Kier alpha value is -0.390. The van der Waals surface area contributed by atoms with E-state index in [1.54, 1.807) is 12.1 Å². The Balaban J connectivity index is 2.87. The maximum atomic E-state index is 10.6. The second kappa shape index (κ2) is 4.02. The molecule has 66 valence electrons. The van der Waals surface area contributed by atoms with E-state index in [0.717, 1.165) is 3.79 Å². The Kier molecular flexibility index (Phi) is 3.25. The molecule has 0 spiro atoms. The standard InChI is InChI=1S/C7H7BrO3S/c1-11-6(7(9)10)4-2-3-5(8)12-4/h2-3,6H,1H3,(H,9,10)/t6-/m0/s1. The lowest BCUT2D eigenvalue weighted by atomic mass is 10.3. The summed E-state index contributed by atoms with van der Waals surface area (Å²) >= 11 is 4.61. The maximum Gasteiger partial charge on any atom is 0.338 e. The van der Waals surface area contributed by atoms with Crippen LogP contribution in [0, 0.1) is 0 Å². The molecule has 0 amide bonds. The number of methoxy groups -OCH3 is 1. The van der Waals surface area contributed by atoms with Crippen LogP contribution in [0.2, 0.25) is 0 Å². The molecule has 0 fully saturated rings. The minimum Gasteiger partial charge on any atom is -0.479 e. The van der Waals surface area contributed by atoms with Gasteiger partial charge in [-0.2, -0.15) is 0 Å². The molecule has 0 saturated heterocycles. The Morgan fingerprint density at radius 1 is 1.75 bits per heavy atom. The van der Waals surface area contributed by atoms with Gasteiger partial charge in [-0.1, -0.05) is 0 Å². The van der Waals surface area contributed by atoms with E-state index in [1.807, 2.05) is 0 Å². The average Bonchev–Trinajstić information content (AvgIpc) is 2.37. The molecular weight excluding hydrogens is 244 g/mol. The normalized spacial score (nSPS) is 12.8. The van der Waals surface area contributed by atoms with E-state index in [2.05, 4.69) is 15.9 Å². The molecule has 1 aromatic heterocycles. The summed E-state index contributed by atoms with van der Waals surface area (Å²) in [6.45, 7) is 0. The van der Waals surface area contributed by atoms with E-state index in [1.165, 1.54) is 18.4 Å². The number of hydrogen-bond acceptors (Lipinski definition) is 3. The quantitative estimate of drug-likeness (QED) is 0.896. The van der Waals surface area contributed by atoms with Crippen LogP contribution in [0.15, 0.2) is 15.9 Å². The number of rotatable bonds is 3. The van der Waals surface area contributed by atoms with Gasteiger partial charge in [0.2, 0.25) is 0 Å². The van der Waals surface area contributed by atoms with Gasteiger partial charge in [-0.15, -0.1) is 11.3 Å². The first-order valence-corrected chi connectivity index (χ1v) is 4.77.